The molecule has 0 spiro atoms. The van der Waals surface area contributed by atoms with Crippen molar-refractivity contribution in [2.75, 3.05) is 5.32 Å². The summed E-state index contributed by atoms with van der Waals surface area (Å²) in [5.74, 6) is -0.0116. The molecule has 2 aromatic carbocycles. The van der Waals surface area contributed by atoms with Crippen molar-refractivity contribution in [2.45, 2.75) is 22.6 Å². The molecule has 0 aliphatic heterocycles. The van der Waals surface area contributed by atoms with Crippen molar-refractivity contribution in [3.05, 3.63) is 53.6 Å². The number of anilines is 1. The molecular formula is C18H15ClN2O3S. The molecule has 1 fully saturated rings. The Balaban J connectivity index is 1.93. The van der Waals surface area contributed by atoms with Crippen LogP contribution in [0.15, 0.2) is 58.3 Å². The molecule has 4 rings (SSSR count). The van der Waals surface area contributed by atoms with Crippen LogP contribution in [-0.4, -0.2) is 19.3 Å². The van der Waals surface area contributed by atoms with Gasteiger partial charge in [0.2, 0.25) is 15.7 Å². The highest BCUT2D eigenvalue weighted by molar-refractivity contribution is 7.92. The molecule has 1 aliphatic carbocycles. The SMILES string of the molecule is O=C(Nc1[nH]c2ccc(Cl)cc2c1S(=O)(=O)c1ccccc1)C1CC1. The Bertz CT molecular complexity index is 1070. The van der Waals surface area contributed by atoms with Crippen molar-refractivity contribution in [2.24, 2.45) is 5.92 Å². The molecular weight excluding hydrogens is 360 g/mol. The smallest absolute Gasteiger partial charge is 0.228 e. The second kappa shape index (κ2) is 5.89. The number of hydrogen-bond acceptors (Lipinski definition) is 3. The zero-order valence-corrected chi connectivity index (χ0v) is 14.7. The lowest BCUT2D eigenvalue weighted by atomic mass is 10.2. The van der Waals surface area contributed by atoms with Crippen LogP contribution in [0.1, 0.15) is 12.8 Å². The van der Waals surface area contributed by atoms with E-state index in [4.69, 9.17) is 11.6 Å². The molecule has 7 heteroatoms. The second-order valence-electron chi connectivity index (χ2n) is 6.10. The zero-order chi connectivity index (χ0) is 17.6. The number of carbonyl (C=O) groups excluding carboxylic acids is 1. The van der Waals surface area contributed by atoms with Gasteiger partial charge in [-0.2, -0.15) is 0 Å². The van der Waals surface area contributed by atoms with Crippen LogP contribution < -0.4 is 5.32 Å². The first-order valence-corrected chi connectivity index (χ1v) is 9.75. The molecule has 0 bridgehead atoms. The summed E-state index contributed by atoms with van der Waals surface area (Å²) in [6.45, 7) is 0. The van der Waals surface area contributed by atoms with E-state index in [0.717, 1.165) is 12.8 Å². The van der Waals surface area contributed by atoms with E-state index in [1.807, 2.05) is 0 Å². The molecule has 1 heterocycles. The van der Waals surface area contributed by atoms with Gasteiger partial charge in [0.15, 0.2) is 0 Å². The lowest BCUT2D eigenvalue weighted by Crippen LogP contribution is -2.16. The maximum Gasteiger partial charge on any atom is 0.228 e. The van der Waals surface area contributed by atoms with E-state index in [1.165, 1.54) is 12.1 Å². The van der Waals surface area contributed by atoms with Gasteiger partial charge in [0.1, 0.15) is 10.7 Å². The third-order valence-electron chi connectivity index (χ3n) is 4.23. The van der Waals surface area contributed by atoms with Gasteiger partial charge in [0.25, 0.3) is 0 Å². The third kappa shape index (κ3) is 2.92. The summed E-state index contributed by atoms with van der Waals surface area (Å²) in [7, 11) is -3.83. The number of amides is 1. The van der Waals surface area contributed by atoms with Crippen LogP contribution in [-0.2, 0) is 14.6 Å². The number of H-pyrrole nitrogens is 1. The highest BCUT2D eigenvalue weighted by Gasteiger charge is 2.33. The molecule has 3 aromatic rings. The number of aromatic nitrogens is 1. The summed E-state index contributed by atoms with van der Waals surface area (Å²) in [6.07, 6.45) is 1.66. The first kappa shape index (κ1) is 16.2. The Morgan fingerprint density at radius 1 is 1.12 bits per heavy atom. The number of halogens is 1. The van der Waals surface area contributed by atoms with Gasteiger partial charge in [-0.25, -0.2) is 8.42 Å². The Hall–Kier alpha value is -2.31. The number of rotatable bonds is 4. The first-order valence-electron chi connectivity index (χ1n) is 7.89. The Morgan fingerprint density at radius 3 is 2.52 bits per heavy atom. The van der Waals surface area contributed by atoms with Crippen LogP contribution in [0.3, 0.4) is 0 Å². The molecule has 1 aromatic heterocycles. The van der Waals surface area contributed by atoms with Crippen LogP contribution in [0.5, 0.6) is 0 Å². The summed E-state index contributed by atoms with van der Waals surface area (Å²) in [5.41, 5.74) is 0.602. The van der Waals surface area contributed by atoms with Crippen molar-refractivity contribution in [1.29, 1.82) is 0 Å². The van der Waals surface area contributed by atoms with Crippen LogP contribution in [0.2, 0.25) is 5.02 Å². The molecule has 0 radical (unpaired) electrons. The van der Waals surface area contributed by atoms with E-state index < -0.39 is 9.84 Å². The molecule has 0 unspecified atom stereocenters. The van der Waals surface area contributed by atoms with Crippen molar-refractivity contribution in [1.82, 2.24) is 4.98 Å². The highest BCUT2D eigenvalue weighted by Crippen LogP contribution is 2.37. The van der Waals surface area contributed by atoms with Crippen molar-refractivity contribution in [3.63, 3.8) is 0 Å². The van der Waals surface area contributed by atoms with E-state index in [2.05, 4.69) is 10.3 Å². The highest BCUT2D eigenvalue weighted by atomic mass is 35.5. The van der Waals surface area contributed by atoms with Gasteiger partial charge in [0.05, 0.1) is 4.90 Å². The number of nitrogens with one attached hydrogen (secondary N) is 2. The maximum atomic E-state index is 13.2. The van der Waals surface area contributed by atoms with Gasteiger partial charge < -0.3 is 10.3 Å². The van der Waals surface area contributed by atoms with E-state index in [9.17, 15) is 13.2 Å². The predicted molar refractivity (Wildman–Crippen MR) is 96.6 cm³/mol. The van der Waals surface area contributed by atoms with Crippen LogP contribution in [0.25, 0.3) is 10.9 Å². The van der Waals surface area contributed by atoms with E-state index in [0.29, 0.717) is 15.9 Å². The molecule has 1 aliphatic rings. The molecule has 0 saturated heterocycles. The monoisotopic (exact) mass is 374 g/mol. The van der Waals surface area contributed by atoms with E-state index >= 15 is 0 Å². The van der Waals surface area contributed by atoms with E-state index in [1.54, 1.807) is 36.4 Å². The van der Waals surface area contributed by atoms with Gasteiger partial charge >= 0.3 is 0 Å². The minimum Gasteiger partial charge on any atom is -0.340 e. The van der Waals surface area contributed by atoms with Crippen LogP contribution in [0.4, 0.5) is 5.82 Å². The predicted octanol–water partition coefficient (Wildman–Crippen LogP) is 4.00. The largest absolute Gasteiger partial charge is 0.340 e. The molecule has 0 atom stereocenters. The van der Waals surface area contributed by atoms with Gasteiger partial charge in [-0.3, -0.25) is 4.79 Å². The van der Waals surface area contributed by atoms with Gasteiger partial charge in [-0.05, 0) is 43.2 Å². The summed E-state index contributed by atoms with van der Waals surface area (Å²) >= 11 is 6.07. The minimum atomic E-state index is -3.83. The Morgan fingerprint density at radius 2 is 1.84 bits per heavy atom. The molecule has 2 N–H and O–H groups in total. The maximum absolute atomic E-state index is 13.2. The summed E-state index contributed by atoms with van der Waals surface area (Å²) < 4.78 is 26.4. The summed E-state index contributed by atoms with van der Waals surface area (Å²) in [6, 6.07) is 13.1. The quantitative estimate of drug-likeness (QED) is 0.724. The Kier molecular flexibility index (Phi) is 3.81. The number of hydrogen-bond donors (Lipinski definition) is 2. The normalized spacial score (nSPS) is 14.6. The van der Waals surface area contributed by atoms with Crippen molar-refractivity contribution in [3.8, 4) is 0 Å². The van der Waals surface area contributed by atoms with Gasteiger partial charge in [-0.15, -0.1) is 0 Å². The average molecular weight is 375 g/mol. The summed E-state index contributed by atoms with van der Waals surface area (Å²) in [5, 5.41) is 3.63. The van der Waals surface area contributed by atoms with Crippen LogP contribution in [0, 0.1) is 5.92 Å². The molecule has 25 heavy (non-hydrogen) atoms. The van der Waals surface area contributed by atoms with Crippen molar-refractivity contribution >= 4 is 44.1 Å². The van der Waals surface area contributed by atoms with Gasteiger partial charge in [-0.1, -0.05) is 29.8 Å². The number of aromatic amines is 1. The fraction of sp³-hybridized carbons (Fsp3) is 0.167. The number of fused-ring (bicyclic) bond motifs is 1. The number of carbonyl (C=O) groups is 1. The molecule has 5 nitrogen and oxygen atoms in total. The lowest BCUT2D eigenvalue weighted by Gasteiger charge is -2.08. The summed E-state index contributed by atoms with van der Waals surface area (Å²) in [4.78, 5) is 15.4. The van der Waals surface area contributed by atoms with E-state index in [-0.39, 0.29) is 27.4 Å². The average Bonchev–Trinajstić information content (AvgIpc) is 3.38. The zero-order valence-electron chi connectivity index (χ0n) is 13.1. The standard InChI is InChI=1S/C18H15ClN2O3S/c19-12-8-9-15-14(10-12)16(17(20-15)21-18(22)11-6-7-11)25(23,24)13-4-2-1-3-5-13/h1-5,8-11,20H,6-7H2,(H,21,22). The third-order valence-corrected chi connectivity index (χ3v) is 6.32. The molecule has 128 valence electrons. The second-order valence-corrected chi connectivity index (χ2v) is 8.42. The lowest BCUT2D eigenvalue weighted by molar-refractivity contribution is -0.117. The Labute approximate surface area is 149 Å². The molecule has 1 amide bonds. The first-order chi connectivity index (χ1) is 12.0. The fourth-order valence-corrected chi connectivity index (χ4v) is 4.55. The van der Waals surface area contributed by atoms with Gasteiger partial charge in [0, 0.05) is 21.8 Å². The molecule has 1 saturated carbocycles. The van der Waals surface area contributed by atoms with Crippen LogP contribution >= 0.6 is 11.6 Å². The minimum absolute atomic E-state index is 0.0396. The van der Waals surface area contributed by atoms with Crippen molar-refractivity contribution < 1.29 is 13.2 Å². The fourth-order valence-electron chi connectivity index (χ4n) is 2.79. The number of sulfone groups is 1. The topological polar surface area (TPSA) is 79.0 Å². The number of benzene rings is 2.